The Kier molecular flexibility index (Phi) is 5.02. The number of hydrogen-bond acceptors (Lipinski definition) is 1. The van der Waals surface area contributed by atoms with E-state index >= 15 is 0 Å². The number of allylic oxidation sites excluding steroid dienone is 4. The van der Waals surface area contributed by atoms with Crippen molar-refractivity contribution in [3.8, 4) is 0 Å². The highest BCUT2D eigenvalue weighted by Crippen LogP contribution is 2.16. The zero-order valence-electron chi connectivity index (χ0n) is 5.69. The van der Waals surface area contributed by atoms with Crippen LogP contribution in [0.5, 0.6) is 0 Å². The molecule has 0 radical (unpaired) electrons. The Morgan fingerprint density at radius 1 is 1.67 bits per heavy atom. The van der Waals surface area contributed by atoms with E-state index in [1.807, 2.05) is 26.0 Å². The first-order chi connectivity index (χ1) is 4.22. The predicted octanol–water partition coefficient (Wildman–Crippen LogP) is 3.35. The first-order valence-corrected chi connectivity index (χ1v) is 3.75. The molecule has 0 aliphatic rings. The van der Waals surface area contributed by atoms with Crippen molar-refractivity contribution in [3.05, 3.63) is 22.1 Å². The monoisotopic (exact) mass is 162 g/mol. The second-order valence-electron chi connectivity index (χ2n) is 1.65. The second-order valence-corrected chi connectivity index (χ2v) is 2.60. The molecule has 0 bridgehead atoms. The third-order valence-electron chi connectivity index (χ3n) is 0.924. The Morgan fingerprint density at radius 3 is 2.56 bits per heavy atom. The normalized spacial score (nSPS) is 14.2. The van der Waals surface area contributed by atoms with Crippen LogP contribution in [-0.4, -0.2) is 0 Å². The van der Waals surface area contributed by atoms with Crippen LogP contribution in [-0.2, 0) is 0 Å². The smallest absolute Gasteiger partial charge is 0.0495 e. The van der Waals surface area contributed by atoms with E-state index in [-0.39, 0.29) is 0 Å². The minimum absolute atomic E-state index is 0.739. The predicted molar refractivity (Wildman–Crippen MR) is 47.0 cm³/mol. The first-order valence-electron chi connectivity index (χ1n) is 2.92. The Bertz CT molecular complexity index is 136. The van der Waals surface area contributed by atoms with Crippen molar-refractivity contribution in [2.24, 2.45) is 0 Å². The van der Waals surface area contributed by atoms with E-state index in [9.17, 15) is 0 Å². The first kappa shape index (κ1) is 9.12. The van der Waals surface area contributed by atoms with Crippen LogP contribution in [0.25, 0.3) is 0 Å². The molecule has 52 valence electrons. The van der Waals surface area contributed by atoms with Gasteiger partial charge in [-0.1, -0.05) is 24.6 Å². The van der Waals surface area contributed by atoms with Gasteiger partial charge in [-0.25, -0.2) is 0 Å². The summed E-state index contributed by atoms with van der Waals surface area (Å²) in [4.78, 5) is 0.940. The topological polar surface area (TPSA) is 0 Å². The molecule has 0 nitrogen and oxygen atoms in total. The summed E-state index contributed by atoms with van der Waals surface area (Å²) in [6, 6.07) is 0. The van der Waals surface area contributed by atoms with Gasteiger partial charge in [0.05, 0.1) is 0 Å². The maximum atomic E-state index is 5.75. The summed E-state index contributed by atoms with van der Waals surface area (Å²) < 4.78 is 0. The summed E-state index contributed by atoms with van der Waals surface area (Å²) >= 11 is 9.90. The van der Waals surface area contributed by atoms with Gasteiger partial charge in [0.2, 0.25) is 0 Å². The largest absolute Gasteiger partial charge is 0.146 e. The van der Waals surface area contributed by atoms with Gasteiger partial charge in [-0.05, 0) is 24.3 Å². The highest BCUT2D eigenvalue weighted by molar-refractivity contribution is 7.84. The average Bonchev–Trinajstić information content (AvgIpc) is 1.87. The summed E-state index contributed by atoms with van der Waals surface area (Å²) in [5, 5.41) is 0.739. The van der Waals surface area contributed by atoms with Crippen LogP contribution in [0, 0.1) is 0 Å². The maximum absolute atomic E-state index is 5.75. The molecule has 0 aliphatic carbocycles. The zero-order chi connectivity index (χ0) is 7.28. The van der Waals surface area contributed by atoms with Crippen LogP contribution in [0.2, 0.25) is 0 Å². The molecule has 0 aromatic carbocycles. The molecule has 0 amide bonds. The molecule has 0 aliphatic heterocycles. The fraction of sp³-hybridized carbons (Fsp3) is 0.429. The van der Waals surface area contributed by atoms with Crippen molar-refractivity contribution in [1.82, 2.24) is 0 Å². The summed E-state index contributed by atoms with van der Waals surface area (Å²) in [6.07, 6.45) is 4.63. The average molecular weight is 163 g/mol. The number of rotatable bonds is 2. The molecular formula is C7H11ClS. The van der Waals surface area contributed by atoms with Crippen molar-refractivity contribution < 1.29 is 0 Å². The SMILES string of the molecule is C/C=C\C(Cl)=C(\S)CC. The quantitative estimate of drug-likeness (QED) is 0.467. The van der Waals surface area contributed by atoms with Gasteiger partial charge in [-0.3, -0.25) is 0 Å². The lowest BCUT2D eigenvalue weighted by Gasteiger charge is -1.93. The molecule has 0 rings (SSSR count). The van der Waals surface area contributed by atoms with Gasteiger partial charge < -0.3 is 0 Å². The number of thiol groups is 1. The summed E-state index contributed by atoms with van der Waals surface area (Å²) in [6.45, 7) is 3.95. The van der Waals surface area contributed by atoms with Crippen LogP contribution in [0.3, 0.4) is 0 Å². The standard InChI is InChI=1S/C7H11ClS/c1-3-5-6(8)7(9)4-2/h3,5,9H,4H2,1-2H3/b5-3-,7-6-. The second kappa shape index (κ2) is 4.95. The van der Waals surface area contributed by atoms with Crippen molar-refractivity contribution >= 4 is 24.2 Å². The van der Waals surface area contributed by atoms with Gasteiger partial charge in [-0.15, -0.1) is 12.6 Å². The molecule has 0 unspecified atom stereocenters. The summed E-state index contributed by atoms with van der Waals surface area (Å²) in [5.74, 6) is 0. The minimum Gasteiger partial charge on any atom is -0.146 e. The van der Waals surface area contributed by atoms with Gasteiger partial charge in [0, 0.05) is 5.03 Å². The molecule has 0 heterocycles. The van der Waals surface area contributed by atoms with Crippen LogP contribution in [0.15, 0.2) is 22.1 Å². The molecule has 2 heteroatoms. The van der Waals surface area contributed by atoms with Gasteiger partial charge >= 0.3 is 0 Å². The van der Waals surface area contributed by atoms with Crippen molar-refractivity contribution in [3.63, 3.8) is 0 Å². The van der Waals surface area contributed by atoms with E-state index in [1.54, 1.807) is 0 Å². The van der Waals surface area contributed by atoms with E-state index < -0.39 is 0 Å². The molecule has 0 saturated heterocycles. The lowest BCUT2D eigenvalue weighted by molar-refractivity contribution is 1.20. The van der Waals surface area contributed by atoms with E-state index in [4.69, 9.17) is 11.6 Å². The van der Waals surface area contributed by atoms with Crippen LogP contribution in [0.4, 0.5) is 0 Å². The Balaban J connectivity index is 4.10. The molecule has 0 fully saturated rings. The fourth-order valence-corrected chi connectivity index (χ4v) is 0.746. The van der Waals surface area contributed by atoms with Gasteiger partial charge in [0.25, 0.3) is 0 Å². The van der Waals surface area contributed by atoms with E-state index in [1.165, 1.54) is 0 Å². The molecule has 0 aromatic heterocycles. The lowest BCUT2D eigenvalue weighted by Crippen LogP contribution is -1.70. The third kappa shape index (κ3) is 3.66. The molecule has 0 spiro atoms. The summed E-state index contributed by atoms with van der Waals surface area (Å²) in [7, 11) is 0. The Labute approximate surface area is 67.0 Å². The zero-order valence-corrected chi connectivity index (χ0v) is 7.34. The number of hydrogen-bond donors (Lipinski definition) is 1. The van der Waals surface area contributed by atoms with Crippen LogP contribution < -0.4 is 0 Å². The highest BCUT2D eigenvalue weighted by Gasteiger charge is 1.90. The molecule has 0 saturated carbocycles. The van der Waals surface area contributed by atoms with Gasteiger partial charge in [-0.2, -0.15) is 0 Å². The number of halogens is 1. The van der Waals surface area contributed by atoms with Gasteiger partial charge in [0.15, 0.2) is 0 Å². The lowest BCUT2D eigenvalue weighted by atomic mass is 10.4. The van der Waals surface area contributed by atoms with Crippen molar-refractivity contribution in [2.45, 2.75) is 20.3 Å². The van der Waals surface area contributed by atoms with E-state index in [0.29, 0.717) is 0 Å². The van der Waals surface area contributed by atoms with Crippen LogP contribution >= 0.6 is 24.2 Å². The third-order valence-corrected chi connectivity index (χ3v) is 1.97. The summed E-state index contributed by atoms with van der Waals surface area (Å²) in [5.41, 5.74) is 0. The van der Waals surface area contributed by atoms with Crippen LogP contribution in [0.1, 0.15) is 20.3 Å². The Hall–Kier alpha value is 0.120. The Morgan fingerprint density at radius 2 is 2.22 bits per heavy atom. The van der Waals surface area contributed by atoms with Crippen molar-refractivity contribution in [2.75, 3.05) is 0 Å². The van der Waals surface area contributed by atoms with E-state index in [0.717, 1.165) is 16.4 Å². The maximum Gasteiger partial charge on any atom is 0.0495 e. The molecule has 0 atom stereocenters. The van der Waals surface area contributed by atoms with E-state index in [2.05, 4.69) is 12.6 Å². The molecule has 9 heavy (non-hydrogen) atoms. The fourth-order valence-electron chi connectivity index (χ4n) is 0.411. The highest BCUT2D eigenvalue weighted by atomic mass is 35.5. The molecule has 0 N–H and O–H groups in total. The minimum atomic E-state index is 0.739. The molecular weight excluding hydrogens is 152 g/mol. The van der Waals surface area contributed by atoms with Gasteiger partial charge in [0.1, 0.15) is 0 Å². The van der Waals surface area contributed by atoms with Crippen molar-refractivity contribution in [1.29, 1.82) is 0 Å². The molecule has 0 aromatic rings.